The molecule has 0 fully saturated rings. The van der Waals surface area contributed by atoms with Crippen LogP contribution in [0.25, 0.3) is 99.6 Å². The van der Waals surface area contributed by atoms with Crippen molar-refractivity contribution in [3.05, 3.63) is 181 Å². The van der Waals surface area contributed by atoms with Crippen molar-refractivity contribution in [3.8, 4) is 56.2 Å². The second-order valence-corrected chi connectivity index (χ2v) is 14.9. The summed E-state index contributed by atoms with van der Waals surface area (Å²) in [7, 11) is 0. The maximum atomic E-state index is 6.30. The predicted molar refractivity (Wildman–Crippen MR) is 224 cm³/mol. The summed E-state index contributed by atoms with van der Waals surface area (Å²) in [4.78, 5) is 10.5. The Kier molecular flexibility index (Phi) is 6.60. The fourth-order valence-corrected chi connectivity index (χ4v) is 8.96. The van der Waals surface area contributed by atoms with Gasteiger partial charge in [-0.15, -0.1) is 0 Å². The zero-order valence-electron chi connectivity index (χ0n) is 30.0. The van der Waals surface area contributed by atoms with Crippen LogP contribution in [0.3, 0.4) is 0 Å². The molecule has 54 heavy (non-hydrogen) atoms. The van der Waals surface area contributed by atoms with Crippen LogP contribution in [0, 0.1) is 0 Å². The maximum Gasteiger partial charge on any atom is 0.161 e. The first-order chi connectivity index (χ1) is 26.5. The van der Waals surface area contributed by atoms with E-state index in [0.29, 0.717) is 5.82 Å². The second-order valence-electron chi connectivity index (χ2n) is 14.9. The molecule has 0 spiro atoms. The largest absolute Gasteiger partial charge is 0.456 e. The van der Waals surface area contributed by atoms with Gasteiger partial charge < -0.3 is 4.42 Å². The maximum absolute atomic E-state index is 6.30. The summed E-state index contributed by atoms with van der Waals surface area (Å²) in [6.45, 7) is 4.74. The summed E-state index contributed by atoms with van der Waals surface area (Å²) in [5.74, 6) is 0.690. The van der Waals surface area contributed by atoms with Gasteiger partial charge in [0, 0.05) is 32.9 Å². The lowest BCUT2D eigenvalue weighted by atomic mass is 9.80. The van der Waals surface area contributed by atoms with E-state index in [1.165, 1.54) is 49.5 Å². The van der Waals surface area contributed by atoms with Crippen LogP contribution in [0.15, 0.2) is 174 Å². The first-order valence-electron chi connectivity index (χ1n) is 18.6. The highest BCUT2D eigenvalue weighted by Gasteiger charge is 2.38. The molecule has 0 saturated heterocycles. The Morgan fingerprint density at radius 2 is 1.07 bits per heavy atom. The predicted octanol–water partition coefficient (Wildman–Crippen LogP) is 13.7. The van der Waals surface area contributed by atoms with Gasteiger partial charge in [0.1, 0.15) is 11.2 Å². The lowest BCUT2D eigenvalue weighted by Crippen LogP contribution is -2.15. The lowest BCUT2D eigenvalue weighted by molar-refractivity contribution is 0.666. The third kappa shape index (κ3) is 4.55. The number of hydrogen-bond donors (Lipinski definition) is 0. The van der Waals surface area contributed by atoms with E-state index in [0.717, 1.165) is 55.4 Å². The van der Waals surface area contributed by atoms with Gasteiger partial charge in [-0.25, -0.2) is 9.97 Å². The first kappa shape index (κ1) is 30.8. The zero-order chi connectivity index (χ0) is 36.0. The second kappa shape index (κ2) is 11.6. The Labute approximate surface area is 313 Å². The van der Waals surface area contributed by atoms with E-state index >= 15 is 0 Å². The number of para-hydroxylation sites is 1. The van der Waals surface area contributed by atoms with Crippen LogP contribution in [-0.4, -0.2) is 9.97 Å². The number of furan rings is 1. The third-order valence-electron chi connectivity index (χ3n) is 11.5. The molecular weight excluding hydrogens is 657 g/mol. The molecule has 0 amide bonds. The molecule has 10 aromatic rings. The molecule has 2 aromatic heterocycles. The number of rotatable bonds is 4. The standard InChI is InChI=1S/C51H34N2O/c1-51(2)43-21-12-20-40(48(43)42-26-23-31-13-6-7-16-34(31)49(42)51)37-27-28-41(36-18-9-8-17-35(36)37)50-52-44(32-14-4-3-5-15-32)30-45(53-50)33-24-25-39-38-19-10-11-22-46(38)54-47(39)29-33/h3-30H,1-2H3. The molecule has 254 valence electrons. The number of hydrogen-bond acceptors (Lipinski definition) is 3. The van der Waals surface area contributed by atoms with Gasteiger partial charge in [0.2, 0.25) is 0 Å². The molecule has 0 bridgehead atoms. The first-order valence-corrected chi connectivity index (χ1v) is 18.6. The fourth-order valence-electron chi connectivity index (χ4n) is 8.96. The topological polar surface area (TPSA) is 38.9 Å². The summed E-state index contributed by atoms with van der Waals surface area (Å²) < 4.78 is 6.30. The Morgan fingerprint density at radius 1 is 0.426 bits per heavy atom. The quantitative estimate of drug-likeness (QED) is 0.184. The molecule has 0 unspecified atom stereocenters. The Bertz CT molecular complexity index is 3130. The van der Waals surface area contributed by atoms with Gasteiger partial charge >= 0.3 is 0 Å². The molecule has 0 radical (unpaired) electrons. The van der Waals surface area contributed by atoms with Crippen molar-refractivity contribution in [2.75, 3.05) is 0 Å². The van der Waals surface area contributed by atoms with Crippen LogP contribution in [-0.2, 0) is 5.41 Å². The average Bonchev–Trinajstić information content (AvgIpc) is 3.72. The van der Waals surface area contributed by atoms with Gasteiger partial charge in [0.15, 0.2) is 5.82 Å². The van der Waals surface area contributed by atoms with Gasteiger partial charge in [-0.05, 0) is 85.3 Å². The van der Waals surface area contributed by atoms with Crippen LogP contribution < -0.4 is 0 Å². The highest BCUT2D eigenvalue weighted by Crippen LogP contribution is 2.55. The SMILES string of the molecule is CC1(C)c2cccc(-c3ccc(-c4nc(-c5ccccc5)cc(-c5ccc6c(c5)oc5ccccc56)n4)c4ccccc34)c2-c2ccc3ccccc3c21. The van der Waals surface area contributed by atoms with E-state index in [-0.39, 0.29) is 5.41 Å². The molecule has 0 saturated carbocycles. The average molecular weight is 691 g/mol. The third-order valence-corrected chi connectivity index (χ3v) is 11.5. The van der Waals surface area contributed by atoms with E-state index in [1.807, 2.05) is 18.2 Å². The van der Waals surface area contributed by atoms with Crippen LogP contribution in [0.1, 0.15) is 25.0 Å². The minimum absolute atomic E-state index is 0.134. The number of fused-ring (bicyclic) bond motifs is 9. The highest BCUT2D eigenvalue weighted by molar-refractivity contribution is 6.09. The Balaban J connectivity index is 1.11. The van der Waals surface area contributed by atoms with Crippen LogP contribution in [0.2, 0.25) is 0 Å². The highest BCUT2D eigenvalue weighted by atomic mass is 16.3. The normalized spacial score (nSPS) is 13.1. The van der Waals surface area contributed by atoms with Crippen molar-refractivity contribution in [3.63, 3.8) is 0 Å². The number of nitrogens with zero attached hydrogens (tertiary/aromatic N) is 2. The van der Waals surface area contributed by atoms with Crippen LogP contribution in [0.4, 0.5) is 0 Å². The van der Waals surface area contributed by atoms with Gasteiger partial charge in [-0.1, -0.05) is 153 Å². The summed E-state index contributed by atoms with van der Waals surface area (Å²) in [5, 5.41) is 7.11. The van der Waals surface area contributed by atoms with Crippen molar-refractivity contribution in [2.24, 2.45) is 0 Å². The molecule has 2 heterocycles. The molecule has 0 atom stereocenters. The molecule has 3 heteroatoms. The van der Waals surface area contributed by atoms with Crippen LogP contribution >= 0.6 is 0 Å². The van der Waals surface area contributed by atoms with Crippen molar-refractivity contribution in [2.45, 2.75) is 19.3 Å². The summed E-state index contributed by atoms with van der Waals surface area (Å²) in [6.07, 6.45) is 0. The minimum atomic E-state index is -0.134. The smallest absolute Gasteiger partial charge is 0.161 e. The summed E-state index contributed by atoms with van der Waals surface area (Å²) in [5.41, 5.74) is 14.2. The summed E-state index contributed by atoms with van der Waals surface area (Å²) >= 11 is 0. The van der Waals surface area contributed by atoms with E-state index in [9.17, 15) is 0 Å². The summed E-state index contributed by atoms with van der Waals surface area (Å²) in [6, 6.07) is 60.5. The van der Waals surface area contributed by atoms with Crippen molar-refractivity contribution in [1.82, 2.24) is 9.97 Å². The van der Waals surface area contributed by atoms with E-state index < -0.39 is 0 Å². The molecule has 1 aliphatic rings. The monoisotopic (exact) mass is 690 g/mol. The lowest BCUT2D eigenvalue weighted by Gasteiger charge is -2.23. The van der Waals surface area contributed by atoms with Crippen LogP contribution in [0.5, 0.6) is 0 Å². The van der Waals surface area contributed by atoms with Crippen molar-refractivity contribution in [1.29, 1.82) is 0 Å². The Morgan fingerprint density at radius 3 is 1.91 bits per heavy atom. The van der Waals surface area contributed by atoms with Crippen molar-refractivity contribution >= 4 is 43.5 Å². The molecule has 0 N–H and O–H groups in total. The molecule has 11 rings (SSSR count). The van der Waals surface area contributed by atoms with Gasteiger partial charge in [0.25, 0.3) is 0 Å². The van der Waals surface area contributed by atoms with Crippen molar-refractivity contribution < 1.29 is 4.42 Å². The van der Waals surface area contributed by atoms with E-state index in [1.54, 1.807) is 0 Å². The fraction of sp³-hybridized carbons (Fsp3) is 0.0588. The zero-order valence-corrected chi connectivity index (χ0v) is 30.0. The molecule has 1 aliphatic carbocycles. The van der Waals surface area contributed by atoms with Gasteiger partial charge in [0.05, 0.1) is 11.4 Å². The molecule has 3 nitrogen and oxygen atoms in total. The van der Waals surface area contributed by atoms with E-state index in [4.69, 9.17) is 14.4 Å². The Hall–Kier alpha value is -6.84. The number of benzene rings is 8. The molecule has 0 aliphatic heterocycles. The number of aromatic nitrogens is 2. The van der Waals surface area contributed by atoms with E-state index in [2.05, 4.69) is 166 Å². The van der Waals surface area contributed by atoms with Gasteiger partial charge in [-0.2, -0.15) is 0 Å². The molecule has 8 aromatic carbocycles. The molecular formula is C51H34N2O. The van der Waals surface area contributed by atoms with Gasteiger partial charge in [-0.3, -0.25) is 0 Å². The minimum Gasteiger partial charge on any atom is -0.456 e.